The Morgan fingerprint density at radius 1 is 1.50 bits per heavy atom. The van der Waals surface area contributed by atoms with Crippen LogP contribution in [0.4, 0.5) is 0 Å². The van der Waals surface area contributed by atoms with Gasteiger partial charge in [-0.15, -0.1) is 0 Å². The van der Waals surface area contributed by atoms with E-state index in [-0.39, 0.29) is 11.4 Å². The zero-order valence-electron chi connectivity index (χ0n) is 10.5. The number of methoxy groups -OCH3 is 1. The van der Waals surface area contributed by atoms with Crippen LogP contribution in [0.15, 0.2) is 0 Å². The maximum Gasteiger partial charge on any atom is 0.313 e. The number of carbonyl (C=O) groups excluding carboxylic acids is 1. The van der Waals surface area contributed by atoms with Gasteiger partial charge in [-0.25, -0.2) is 0 Å². The van der Waals surface area contributed by atoms with E-state index in [0.29, 0.717) is 6.04 Å². The van der Waals surface area contributed by atoms with E-state index >= 15 is 0 Å². The molecular weight excluding hydrogens is 222 g/mol. The molecule has 1 aliphatic heterocycles. The van der Waals surface area contributed by atoms with Crippen LogP contribution in [0.25, 0.3) is 0 Å². The quantitative estimate of drug-likeness (QED) is 0.727. The molecule has 94 valence electrons. The number of esters is 1. The number of hydrogen-bond donors (Lipinski definition) is 1. The lowest BCUT2D eigenvalue weighted by Crippen LogP contribution is -2.44. The summed E-state index contributed by atoms with van der Waals surface area (Å²) in [5.74, 6) is 2.34. The highest BCUT2D eigenvalue weighted by Gasteiger charge is 2.36. The predicted molar refractivity (Wildman–Crippen MR) is 68.8 cm³/mol. The summed E-state index contributed by atoms with van der Waals surface area (Å²) in [5, 5.41) is 3.52. The van der Waals surface area contributed by atoms with Crippen LogP contribution in [0, 0.1) is 5.41 Å². The lowest BCUT2D eigenvalue weighted by atomic mass is 9.82. The summed E-state index contributed by atoms with van der Waals surface area (Å²) in [5.41, 5.74) is -0.331. The first-order chi connectivity index (χ1) is 7.68. The Bertz CT molecular complexity index is 223. The van der Waals surface area contributed by atoms with Crippen molar-refractivity contribution in [2.75, 3.05) is 25.2 Å². The Balaban J connectivity index is 2.52. The maximum atomic E-state index is 11.8. The molecule has 0 bridgehead atoms. The standard InChI is InChI=1S/C12H23NO2S/c1-4-12(5-2,11(14)15-3)9-13-10-6-7-16-8-10/h10,13H,4-9H2,1-3H3. The minimum atomic E-state index is -0.331. The van der Waals surface area contributed by atoms with Crippen molar-refractivity contribution in [2.45, 2.75) is 39.2 Å². The zero-order chi connectivity index (χ0) is 12.0. The molecule has 0 aromatic carbocycles. The van der Waals surface area contributed by atoms with E-state index in [9.17, 15) is 4.79 Å². The molecule has 3 nitrogen and oxygen atoms in total. The van der Waals surface area contributed by atoms with Gasteiger partial charge in [0.15, 0.2) is 0 Å². The van der Waals surface area contributed by atoms with E-state index in [2.05, 4.69) is 19.2 Å². The van der Waals surface area contributed by atoms with Gasteiger partial charge in [0, 0.05) is 18.3 Å². The molecule has 0 aromatic rings. The first kappa shape index (κ1) is 13.8. The van der Waals surface area contributed by atoms with Crippen LogP contribution in [0.5, 0.6) is 0 Å². The first-order valence-electron chi connectivity index (χ1n) is 6.08. The minimum absolute atomic E-state index is 0.0735. The first-order valence-corrected chi connectivity index (χ1v) is 7.23. The lowest BCUT2D eigenvalue weighted by molar-refractivity contribution is -0.153. The molecule has 1 saturated heterocycles. The van der Waals surface area contributed by atoms with Crippen molar-refractivity contribution in [3.05, 3.63) is 0 Å². The third-order valence-electron chi connectivity index (χ3n) is 3.63. The van der Waals surface area contributed by atoms with Gasteiger partial charge in [-0.1, -0.05) is 13.8 Å². The third-order valence-corrected chi connectivity index (χ3v) is 4.79. The predicted octanol–water partition coefficient (Wildman–Crippen LogP) is 2.06. The highest BCUT2D eigenvalue weighted by molar-refractivity contribution is 7.99. The number of hydrogen-bond acceptors (Lipinski definition) is 4. The fourth-order valence-electron chi connectivity index (χ4n) is 2.11. The summed E-state index contributed by atoms with van der Waals surface area (Å²) < 4.78 is 4.93. The van der Waals surface area contributed by atoms with Crippen LogP contribution in [0.3, 0.4) is 0 Å². The average Bonchev–Trinajstić information content (AvgIpc) is 2.83. The Morgan fingerprint density at radius 2 is 2.19 bits per heavy atom. The van der Waals surface area contributed by atoms with Gasteiger partial charge in [0.25, 0.3) is 0 Å². The van der Waals surface area contributed by atoms with E-state index in [1.165, 1.54) is 25.0 Å². The van der Waals surface area contributed by atoms with E-state index in [1.807, 2.05) is 11.8 Å². The maximum absolute atomic E-state index is 11.8. The molecule has 0 aromatic heterocycles. The summed E-state index contributed by atoms with van der Waals surface area (Å²) in [6.07, 6.45) is 2.89. The van der Waals surface area contributed by atoms with E-state index < -0.39 is 0 Å². The Morgan fingerprint density at radius 3 is 2.62 bits per heavy atom. The fourth-order valence-corrected chi connectivity index (χ4v) is 3.30. The van der Waals surface area contributed by atoms with Crippen molar-refractivity contribution < 1.29 is 9.53 Å². The van der Waals surface area contributed by atoms with Crippen molar-refractivity contribution in [3.63, 3.8) is 0 Å². The molecule has 1 heterocycles. The van der Waals surface area contributed by atoms with Crippen molar-refractivity contribution in [1.29, 1.82) is 0 Å². The van der Waals surface area contributed by atoms with Crippen molar-refractivity contribution in [2.24, 2.45) is 5.41 Å². The summed E-state index contributed by atoms with van der Waals surface area (Å²) in [6.45, 7) is 4.87. The zero-order valence-corrected chi connectivity index (χ0v) is 11.4. The molecule has 4 heteroatoms. The van der Waals surface area contributed by atoms with Gasteiger partial charge in [0.1, 0.15) is 0 Å². The Hall–Kier alpha value is -0.220. The Labute approximate surface area is 103 Å². The van der Waals surface area contributed by atoms with Gasteiger partial charge in [-0.05, 0) is 25.0 Å². The summed E-state index contributed by atoms with van der Waals surface area (Å²) in [4.78, 5) is 11.8. The molecule has 16 heavy (non-hydrogen) atoms. The number of ether oxygens (including phenoxy) is 1. The second-order valence-electron chi connectivity index (χ2n) is 4.42. The summed E-state index contributed by atoms with van der Waals surface area (Å²) in [6, 6.07) is 0.576. The van der Waals surface area contributed by atoms with Crippen LogP contribution >= 0.6 is 11.8 Å². The molecule has 0 radical (unpaired) electrons. The third kappa shape index (κ3) is 3.14. The molecule has 0 saturated carbocycles. The van der Waals surface area contributed by atoms with Gasteiger partial charge >= 0.3 is 5.97 Å². The molecule has 1 unspecified atom stereocenters. The molecular formula is C12H23NO2S. The normalized spacial score (nSPS) is 21.1. The van der Waals surface area contributed by atoms with Crippen LogP contribution in [0.1, 0.15) is 33.1 Å². The highest BCUT2D eigenvalue weighted by atomic mass is 32.2. The second kappa shape index (κ2) is 6.50. The van der Waals surface area contributed by atoms with Crippen molar-refractivity contribution >= 4 is 17.7 Å². The fraction of sp³-hybridized carbons (Fsp3) is 0.917. The molecule has 1 aliphatic rings. The lowest BCUT2D eigenvalue weighted by Gasteiger charge is -2.30. The van der Waals surface area contributed by atoms with Gasteiger partial charge in [-0.2, -0.15) is 11.8 Å². The average molecular weight is 245 g/mol. The summed E-state index contributed by atoms with van der Waals surface area (Å²) in [7, 11) is 1.48. The number of nitrogens with one attached hydrogen (secondary N) is 1. The topological polar surface area (TPSA) is 38.3 Å². The molecule has 0 amide bonds. The monoisotopic (exact) mass is 245 g/mol. The number of rotatable bonds is 6. The summed E-state index contributed by atoms with van der Waals surface area (Å²) >= 11 is 1.98. The highest BCUT2D eigenvalue weighted by Crippen LogP contribution is 2.28. The number of carbonyl (C=O) groups is 1. The van der Waals surface area contributed by atoms with E-state index in [0.717, 1.165) is 19.4 Å². The second-order valence-corrected chi connectivity index (χ2v) is 5.57. The number of thioether (sulfide) groups is 1. The SMILES string of the molecule is CCC(CC)(CNC1CCSC1)C(=O)OC. The largest absolute Gasteiger partial charge is 0.469 e. The van der Waals surface area contributed by atoms with Gasteiger partial charge in [0.2, 0.25) is 0 Å². The molecule has 1 rings (SSSR count). The molecule has 0 spiro atoms. The van der Waals surface area contributed by atoms with Crippen LogP contribution < -0.4 is 5.32 Å². The van der Waals surface area contributed by atoms with Gasteiger partial charge < -0.3 is 10.1 Å². The van der Waals surface area contributed by atoms with Gasteiger partial charge in [-0.3, -0.25) is 4.79 Å². The van der Waals surface area contributed by atoms with Gasteiger partial charge in [0.05, 0.1) is 12.5 Å². The van der Waals surface area contributed by atoms with Crippen LogP contribution in [-0.2, 0) is 9.53 Å². The van der Waals surface area contributed by atoms with E-state index in [1.54, 1.807) is 0 Å². The smallest absolute Gasteiger partial charge is 0.313 e. The Kier molecular flexibility index (Phi) is 5.62. The van der Waals surface area contributed by atoms with Crippen LogP contribution in [-0.4, -0.2) is 37.2 Å². The molecule has 1 fully saturated rings. The van der Waals surface area contributed by atoms with Crippen molar-refractivity contribution in [3.8, 4) is 0 Å². The van der Waals surface area contributed by atoms with Crippen molar-refractivity contribution in [1.82, 2.24) is 5.32 Å². The van der Waals surface area contributed by atoms with E-state index in [4.69, 9.17) is 4.74 Å². The molecule has 1 atom stereocenters. The molecule has 0 aliphatic carbocycles. The molecule has 1 N–H and O–H groups in total. The van der Waals surface area contributed by atoms with Crippen LogP contribution in [0.2, 0.25) is 0 Å². The minimum Gasteiger partial charge on any atom is -0.469 e.